The zero-order valence-electron chi connectivity index (χ0n) is 11.2. The van der Waals surface area contributed by atoms with Crippen LogP contribution in [0.3, 0.4) is 0 Å². The Morgan fingerprint density at radius 3 is 2.58 bits per heavy atom. The molecule has 0 atom stereocenters. The Kier molecular flexibility index (Phi) is 6.28. The molecule has 3 N–H and O–H groups in total. The van der Waals surface area contributed by atoms with Gasteiger partial charge in [0.25, 0.3) is 5.91 Å². The second kappa shape index (κ2) is 8.02. The van der Waals surface area contributed by atoms with Gasteiger partial charge in [-0.1, -0.05) is 6.92 Å². The van der Waals surface area contributed by atoms with Crippen molar-refractivity contribution in [2.45, 2.75) is 19.8 Å². The molecule has 1 aromatic heterocycles. The van der Waals surface area contributed by atoms with E-state index in [0.717, 1.165) is 13.0 Å². The first-order valence-corrected chi connectivity index (χ1v) is 6.22. The molecule has 0 radical (unpaired) electrons. The summed E-state index contributed by atoms with van der Waals surface area (Å²) < 4.78 is 0. The Morgan fingerprint density at radius 1 is 1.21 bits per heavy atom. The third kappa shape index (κ3) is 5.33. The largest absolute Gasteiger partial charge is 0.369 e. The molecule has 0 aliphatic heterocycles. The Hall–Kier alpha value is -2.18. The van der Waals surface area contributed by atoms with Crippen molar-refractivity contribution in [2.75, 3.05) is 25.5 Å². The molecule has 0 aliphatic carbocycles. The molecular formula is C12H19N5O2. The minimum atomic E-state index is -0.335. The predicted molar refractivity (Wildman–Crippen MR) is 71.8 cm³/mol. The van der Waals surface area contributed by atoms with E-state index in [-0.39, 0.29) is 30.5 Å². The van der Waals surface area contributed by atoms with Gasteiger partial charge in [0, 0.05) is 26.6 Å². The van der Waals surface area contributed by atoms with Gasteiger partial charge in [-0.3, -0.25) is 9.59 Å². The Labute approximate surface area is 112 Å². The van der Waals surface area contributed by atoms with E-state index >= 15 is 0 Å². The van der Waals surface area contributed by atoms with Crippen molar-refractivity contribution in [3.63, 3.8) is 0 Å². The molecule has 0 saturated carbocycles. The molecule has 1 heterocycles. The third-order valence-electron chi connectivity index (χ3n) is 2.36. The van der Waals surface area contributed by atoms with Gasteiger partial charge in [-0.05, 0) is 6.42 Å². The SMILES string of the molecule is CCCNc1cnc(C(=O)NCCC(=O)NC)cn1. The van der Waals surface area contributed by atoms with Crippen molar-refractivity contribution < 1.29 is 9.59 Å². The maximum Gasteiger partial charge on any atom is 0.271 e. The van der Waals surface area contributed by atoms with Crippen LogP contribution in [0.15, 0.2) is 12.4 Å². The van der Waals surface area contributed by atoms with Crippen molar-refractivity contribution >= 4 is 17.6 Å². The molecule has 7 heteroatoms. The van der Waals surface area contributed by atoms with E-state index in [4.69, 9.17) is 0 Å². The number of nitrogens with zero attached hydrogens (tertiary/aromatic N) is 2. The number of carbonyl (C=O) groups is 2. The quantitative estimate of drug-likeness (QED) is 0.653. The summed E-state index contributed by atoms with van der Waals surface area (Å²) in [6, 6.07) is 0. The molecule has 2 amide bonds. The van der Waals surface area contributed by atoms with Gasteiger partial charge in [0.1, 0.15) is 11.5 Å². The van der Waals surface area contributed by atoms with Gasteiger partial charge >= 0.3 is 0 Å². The van der Waals surface area contributed by atoms with E-state index < -0.39 is 0 Å². The monoisotopic (exact) mass is 265 g/mol. The number of nitrogens with one attached hydrogen (secondary N) is 3. The molecule has 1 rings (SSSR count). The second-order valence-corrected chi connectivity index (χ2v) is 3.89. The predicted octanol–water partition coefficient (Wildman–Crippen LogP) is 0.164. The average Bonchev–Trinajstić information content (AvgIpc) is 2.45. The van der Waals surface area contributed by atoms with E-state index in [1.165, 1.54) is 12.4 Å². The van der Waals surface area contributed by atoms with Gasteiger partial charge < -0.3 is 16.0 Å². The highest BCUT2D eigenvalue weighted by Crippen LogP contribution is 2.01. The van der Waals surface area contributed by atoms with Crippen molar-refractivity contribution in [3.8, 4) is 0 Å². The lowest BCUT2D eigenvalue weighted by Gasteiger charge is -2.05. The van der Waals surface area contributed by atoms with E-state index in [9.17, 15) is 9.59 Å². The van der Waals surface area contributed by atoms with E-state index in [0.29, 0.717) is 5.82 Å². The minimum absolute atomic E-state index is 0.120. The lowest BCUT2D eigenvalue weighted by Crippen LogP contribution is -2.29. The molecule has 0 saturated heterocycles. The molecule has 0 fully saturated rings. The van der Waals surface area contributed by atoms with Crippen LogP contribution in [0.2, 0.25) is 0 Å². The van der Waals surface area contributed by atoms with Gasteiger partial charge in [-0.15, -0.1) is 0 Å². The van der Waals surface area contributed by atoms with Crippen LogP contribution in [-0.4, -0.2) is 41.9 Å². The zero-order chi connectivity index (χ0) is 14.1. The molecule has 0 aliphatic rings. The molecule has 0 spiro atoms. The van der Waals surface area contributed by atoms with Gasteiger partial charge in [0.2, 0.25) is 5.91 Å². The van der Waals surface area contributed by atoms with E-state index in [1.807, 2.05) is 0 Å². The summed E-state index contributed by atoms with van der Waals surface area (Å²) in [6.07, 6.45) is 4.16. The molecule has 7 nitrogen and oxygen atoms in total. The zero-order valence-corrected chi connectivity index (χ0v) is 11.2. The van der Waals surface area contributed by atoms with Crippen LogP contribution in [0.25, 0.3) is 0 Å². The highest BCUT2D eigenvalue weighted by molar-refractivity contribution is 5.92. The number of rotatable bonds is 7. The van der Waals surface area contributed by atoms with Crippen molar-refractivity contribution in [3.05, 3.63) is 18.1 Å². The Bertz CT molecular complexity index is 419. The summed E-state index contributed by atoms with van der Waals surface area (Å²) in [6.45, 7) is 3.14. The van der Waals surface area contributed by atoms with Crippen LogP contribution in [0.4, 0.5) is 5.82 Å². The third-order valence-corrected chi connectivity index (χ3v) is 2.36. The highest BCUT2D eigenvalue weighted by atomic mass is 16.2. The summed E-state index contributed by atoms with van der Waals surface area (Å²) >= 11 is 0. The lowest BCUT2D eigenvalue weighted by atomic mass is 10.3. The maximum atomic E-state index is 11.7. The molecular weight excluding hydrogens is 246 g/mol. The Morgan fingerprint density at radius 2 is 2.00 bits per heavy atom. The number of aromatic nitrogens is 2. The van der Waals surface area contributed by atoms with Crippen molar-refractivity contribution in [1.29, 1.82) is 0 Å². The molecule has 104 valence electrons. The first kappa shape index (κ1) is 14.9. The summed E-state index contributed by atoms with van der Waals surface area (Å²) in [7, 11) is 1.55. The molecule has 0 bridgehead atoms. The summed E-state index contributed by atoms with van der Waals surface area (Å²) in [5.41, 5.74) is 0.235. The second-order valence-electron chi connectivity index (χ2n) is 3.89. The number of hydrogen-bond donors (Lipinski definition) is 3. The van der Waals surface area contributed by atoms with Crippen molar-refractivity contribution in [2.24, 2.45) is 0 Å². The number of hydrogen-bond acceptors (Lipinski definition) is 5. The van der Waals surface area contributed by atoms with Crippen LogP contribution in [-0.2, 0) is 4.79 Å². The van der Waals surface area contributed by atoms with E-state index in [1.54, 1.807) is 7.05 Å². The fraction of sp³-hybridized carbons (Fsp3) is 0.500. The van der Waals surface area contributed by atoms with E-state index in [2.05, 4.69) is 32.8 Å². The van der Waals surface area contributed by atoms with Crippen LogP contribution in [0.1, 0.15) is 30.3 Å². The molecule has 1 aromatic rings. The summed E-state index contributed by atoms with van der Waals surface area (Å²) in [5.74, 6) is 0.188. The molecule has 19 heavy (non-hydrogen) atoms. The van der Waals surface area contributed by atoms with Gasteiger partial charge in [-0.2, -0.15) is 0 Å². The van der Waals surface area contributed by atoms with Gasteiger partial charge in [-0.25, -0.2) is 9.97 Å². The highest BCUT2D eigenvalue weighted by Gasteiger charge is 2.08. The first-order valence-electron chi connectivity index (χ1n) is 6.22. The number of anilines is 1. The fourth-order valence-electron chi connectivity index (χ4n) is 1.29. The maximum absolute atomic E-state index is 11.7. The standard InChI is InChI=1S/C12H19N5O2/c1-3-5-14-10-8-16-9(7-17-10)12(19)15-6-4-11(18)13-2/h7-8H,3-6H2,1-2H3,(H,13,18)(H,14,17)(H,15,19). The Balaban J connectivity index is 2.42. The van der Waals surface area contributed by atoms with Crippen molar-refractivity contribution in [1.82, 2.24) is 20.6 Å². The summed E-state index contributed by atoms with van der Waals surface area (Å²) in [5, 5.41) is 8.15. The molecule has 0 aromatic carbocycles. The van der Waals surface area contributed by atoms with Gasteiger partial charge in [0.15, 0.2) is 0 Å². The fourth-order valence-corrected chi connectivity index (χ4v) is 1.29. The minimum Gasteiger partial charge on any atom is -0.369 e. The first-order chi connectivity index (χ1) is 9.17. The topological polar surface area (TPSA) is 96.0 Å². The van der Waals surface area contributed by atoms with Crippen LogP contribution >= 0.6 is 0 Å². The van der Waals surface area contributed by atoms with Crippen LogP contribution in [0, 0.1) is 0 Å². The molecule has 0 unspecified atom stereocenters. The number of carbonyl (C=O) groups excluding carboxylic acids is 2. The normalized spacial score (nSPS) is 9.79. The van der Waals surface area contributed by atoms with Crippen LogP contribution < -0.4 is 16.0 Å². The van der Waals surface area contributed by atoms with Crippen LogP contribution in [0.5, 0.6) is 0 Å². The smallest absolute Gasteiger partial charge is 0.271 e. The lowest BCUT2D eigenvalue weighted by molar-refractivity contribution is -0.120. The van der Waals surface area contributed by atoms with Gasteiger partial charge in [0.05, 0.1) is 12.4 Å². The average molecular weight is 265 g/mol. The summed E-state index contributed by atoms with van der Waals surface area (Å²) in [4.78, 5) is 30.7. The number of amides is 2.